The molecule has 1 aromatic carbocycles. The number of amides is 1. The molecular weight excluding hydrogens is 346 g/mol. The smallest absolute Gasteiger partial charge is 0.340 e. The van der Waals surface area contributed by atoms with Gasteiger partial charge in [-0.25, -0.2) is 23.0 Å². The molecule has 1 heterocycles. The number of sulfonamides is 1. The van der Waals surface area contributed by atoms with Crippen molar-refractivity contribution in [1.82, 2.24) is 25.2 Å². The topological polar surface area (TPSA) is 137 Å². The molecule has 2 aromatic rings. The molecule has 9 nitrogen and oxygen atoms in total. The molecule has 0 saturated heterocycles. The Kier molecular flexibility index (Phi) is 6.10. The van der Waals surface area contributed by atoms with Gasteiger partial charge in [-0.05, 0) is 31.5 Å². The number of nitrogens with zero attached hydrogens (tertiary/aromatic N) is 1. The van der Waals surface area contributed by atoms with Crippen LogP contribution in [-0.4, -0.2) is 35.5 Å². The predicted molar refractivity (Wildman–Crippen MR) is 91.5 cm³/mol. The fourth-order valence-electron chi connectivity index (χ4n) is 2.25. The van der Waals surface area contributed by atoms with Crippen molar-refractivity contribution in [3.63, 3.8) is 0 Å². The zero-order valence-corrected chi connectivity index (χ0v) is 14.8. The van der Waals surface area contributed by atoms with Gasteiger partial charge in [-0.3, -0.25) is 9.78 Å². The van der Waals surface area contributed by atoms with E-state index in [1.54, 1.807) is 6.07 Å². The van der Waals surface area contributed by atoms with E-state index in [1.165, 1.54) is 18.2 Å². The second kappa shape index (κ2) is 8.08. The maximum absolute atomic E-state index is 12.3. The van der Waals surface area contributed by atoms with Gasteiger partial charge >= 0.3 is 5.69 Å². The van der Waals surface area contributed by atoms with E-state index >= 15 is 0 Å². The number of hydrogen-bond acceptors (Lipinski definition) is 5. The highest BCUT2D eigenvalue weighted by Crippen LogP contribution is 2.12. The number of hydrogen-bond donors (Lipinski definition) is 4. The third kappa shape index (κ3) is 5.26. The Morgan fingerprint density at radius 2 is 2.12 bits per heavy atom. The summed E-state index contributed by atoms with van der Waals surface area (Å²) in [4.78, 5) is 25.5. The molecule has 0 saturated carbocycles. The standard InChI is InChI=1S/C15H21N5O4S/c1-3-5-10(2)17-14(21)11-6-4-7-12(8-11)25(23,24)16-9-13-18-15(22)20-19-13/h4,6-8,10,16H,3,5,9H2,1-2H3,(H,17,21)(H2,18,19,20,22). The molecule has 1 amide bonds. The SMILES string of the molecule is CCCC(C)NC(=O)c1cccc(S(=O)(=O)NCc2n[nH]c(=O)[nH]2)c1. The monoisotopic (exact) mass is 367 g/mol. The van der Waals surface area contributed by atoms with Crippen molar-refractivity contribution in [3.05, 3.63) is 46.1 Å². The van der Waals surface area contributed by atoms with E-state index in [0.717, 1.165) is 12.8 Å². The fourth-order valence-corrected chi connectivity index (χ4v) is 3.29. The summed E-state index contributed by atoms with van der Waals surface area (Å²) in [7, 11) is -3.85. The second-order valence-corrected chi connectivity index (χ2v) is 7.41. The first kappa shape index (κ1) is 18.9. The number of aromatic nitrogens is 3. The quantitative estimate of drug-likeness (QED) is 0.538. The molecule has 0 radical (unpaired) electrons. The summed E-state index contributed by atoms with van der Waals surface area (Å²) < 4.78 is 27.0. The molecule has 0 aliphatic heterocycles. The summed E-state index contributed by atoms with van der Waals surface area (Å²) in [5, 5.41) is 8.60. The summed E-state index contributed by atoms with van der Waals surface area (Å²) in [5.41, 5.74) is -0.256. The highest BCUT2D eigenvalue weighted by atomic mass is 32.2. The van der Waals surface area contributed by atoms with E-state index in [2.05, 4.69) is 25.2 Å². The maximum atomic E-state index is 12.3. The van der Waals surface area contributed by atoms with Crippen molar-refractivity contribution in [3.8, 4) is 0 Å². The highest BCUT2D eigenvalue weighted by molar-refractivity contribution is 7.89. The van der Waals surface area contributed by atoms with E-state index in [9.17, 15) is 18.0 Å². The lowest BCUT2D eigenvalue weighted by atomic mass is 10.1. The first-order valence-corrected chi connectivity index (χ1v) is 9.34. The van der Waals surface area contributed by atoms with Crippen LogP contribution in [0.25, 0.3) is 0 Å². The summed E-state index contributed by atoms with van der Waals surface area (Å²) >= 11 is 0. The molecule has 1 unspecified atom stereocenters. The normalized spacial score (nSPS) is 12.7. The van der Waals surface area contributed by atoms with Crippen LogP contribution in [0.5, 0.6) is 0 Å². The van der Waals surface area contributed by atoms with Gasteiger partial charge in [-0.2, -0.15) is 5.10 Å². The predicted octanol–water partition coefficient (Wildman–Crippen LogP) is 0.495. The number of carbonyl (C=O) groups excluding carboxylic acids is 1. The number of carbonyl (C=O) groups is 1. The van der Waals surface area contributed by atoms with Crippen LogP contribution in [-0.2, 0) is 16.6 Å². The van der Waals surface area contributed by atoms with Crippen LogP contribution in [0.3, 0.4) is 0 Å². The minimum absolute atomic E-state index is 0.00683. The summed E-state index contributed by atoms with van der Waals surface area (Å²) in [5.74, 6) is -0.162. The molecule has 136 valence electrons. The minimum atomic E-state index is -3.85. The molecule has 0 fully saturated rings. The Labute approximate surface area is 145 Å². The molecule has 0 aliphatic rings. The molecule has 0 bridgehead atoms. The summed E-state index contributed by atoms with van der Waals surface area (Å²) in [6.45, 7) is 3.74. The van der Waals surface area contributed by atoms with Crippen molar-refractivity contribution < 1.29 is 13.2 Å². The van der Waals surface area contributed by atoms with Gasteiger partial charge in [0.1, 0.15) is 5.82 Å². The Morgan fingerprint density at radius 3 is 2.76 bits per heavy atom. The molecule has 1 atom stereocenters. The highest BCUT2D eigenvalue weighted by Gasteiger charge is 2.17. The van der Waals surface area contributed by atoms with Gasteiger partial charge in [0.05, 0.1) is 11.4 Å². The van der Waals surface area contributed by atoms with E-state index in [0.29, 0.717) is 0 Å². The van der Waals surface area contributed by atoms with Gasteiger partial charge in [0.2, 0.25) is 10.0 Å². The van der Waals surface area contributed by atoms with E-state index in [4.69, 9.17) is 0 Å². The lowest BCUT2D eigenvalue weighted by molar-refractivity contribution is 0.0938. The molecule has 0 aliphatic carbocycles. The molecule has 2 rings (SSSR count). The molecule has 1 aromatic heterocycles. The van der Waals surface area contributed by atoms with Gasteiger partial charge in [0.25, 0.3) is 5.91 Å². The zero-order valence-electron chi connectivity index (χ0n) is 14.0. The van der Waals surface area contributed by atoms with Crippen LogP contribution in [0.1, 0.15) is 42.9 Å². The van der Waals surface area contributed by atoms with Gasteiger partial charge < -0.3 is 5.32 Å². The Balaban J connectivity index is 2.10. The maximum Gasteiger partial charge on any atom is 0.340 e. The van der Waals surface area contributed by atoms with Crippen LogP contribution in [0.2, 0.25) is 0 Å². The zero-order chi connectivity index (χ0) is 18.4. The first-order valence-electron chi connectivity index (χ1n) is 7.86. The average molecular weight is 367 g/mol. The summed E-state index contributed by atoms with van der Waals surface area (Å²) in [6, 6.07) is 5.76. The van der Waals surface area contributed by atoms with Crippen molar-refractivity contribution in [2.45, 2.75) is 44.2 Å². The fraction of sp³-hybridized carbons (Fsp3) is 0.400. The molecular formula is C15H21N5O4S. The molecule has 25 heavy (non-hydrogen) atoms. The van der Waals surface area contributed by atoms with Crippen molar-refractivity contribution in [2.24, 2.45) is 0 Å². The third-order valence-electron chi connectivity index (χ3n) is 3.49. The van der Waals surface area contributed by atoms with Crippen molar-refractivity contribution in [2.75, 3.05) is 0 Å². The van der Waals surface area contributed by atoms with Crippen LogP contribution >= 0.6 is 0 Å². The summed E-state index contributed by atoms with van der Waals surface area (Å²) in [6.07, 6.45) is 1.78. The van der Waals surface area contributed by atoms with Gasteiger partial charge in [0, 0.05) is 11.6 Å². The van der Waals surface area contributed by atoms with Crippen LogP contribution < -0.4 is 15.7 Å². The number of rotatable bonds is 8. The van der Waals surface area contributed by atoms with Gasteiger partial charge in [-0.15, -0.1) is 0 Å². The largest absolute Gasteiger partial charge is 0.350 e. The Hall–Kier alpha value is -2.46. The Morgan fingerprint density at radius 1 is 1.36 bits per heavy atom. The molecule has 10 heteroatoms. The van der Waals surface area contributed by atoms with Gasteiger partial charge in [0.15, 0.2) is 0 Å². The minimum Gasteiger partial charge on any atom is -0.350 e. The molecule has 0 spiro atoms. The van der Waals surface area contributed by atoms with Crippen LogP contribution in [0, 0.1) is 0 Å². The number of aromatic amines is 2. The number of benzene rings is 1. The number of nitrogens with one attached hydrogen (secondary N) is 4. The van der Waals surface area contributed by atoms with Crippen LogP contribution in [0.4, 0.5) is 0 Å². The van der Waals surface area contributed by atoms with E-state index in [1.807, 2.05) is 13.8 Å². The van der Waals surface area contributed by atoms with E-state index in [-0.39, 0.29) is 34.8 Å². The van der Waals surface area contributed by atoms with Crippen molar-refractivity contribution in [1.29, 1.82) is 0 Å². The Bertz CT molecular complexity index is 887. The van der Waals surface area contributed by atoms with Gasteiger partial charge in [-0.1, -0.05) is 19.4 Å². The lowest BCUT2D eigenvalue weighted by Crippen LogP contribution is -2.32. The van der Waals surface area contributed by atoms with Crippen LogP contribution in [0.15, 0.2) is 34.0 Å². The second-order valence-electron chi connectivity index (χ2n) is 5.64. The third-order valence-corrected chi connectivity index (χ3v) is 4.88. The average Bonchev–Trinajstić information content (AvgIpc) is 2.99. The first-order chi connectivity index (χ1) is 11.8. The molecule has 4 N–H and O–H groups in total. The lowest BCUT2D eigenvalue weighted by Gasteiger charge is -2.13. The number of H-pyrrole nitrogens is 2. The van der Waals surface area contributed by atoms with E-state index < -0.39 is 15.7 Å². The van der Waals surface area contributed by atoms with Crippen molar-refractivity contribution >= 4 is 15.9 Å².